The lowest BCUT2D eigenvalue weighted by Gasteiger charge is -2.26. The molecule has 20 heavy (non-hydrogen) atoms. The molecule has 0 N–H and O–H groups in total. The van der Waals surface area contributed by atoms with Gasteiger partial charge >= 0.3 is 0 Å². The van der Waals surface area contributed by atoms with Crippen molar-refractivity contribution < 1.29 is 9.18 Å². The quantitative estimate of drug-likeness (QED) is 0.833. The Morgan fingerprint density at radius 2 is 2.15 bits per heavy atom. The van der Waals surface area contributed by atoms with Crippen LogP contribution in [0.4, 0.5) is 4.39 Å². The van der Waals surface area contributed by atoms with Crippen LogP contribution in [-0.4, -0.2) is 57.5 Å². The minimum absolute atomic E-state index is 0.227. The SMILES string of the molecule is CN(Cc1ncccn1)C1CCN(C(=O)C(C)(C)F)C1. The standard InChI is InChI=1S/C14H21FN4O/c1-14(2,15)13(20)19-8-5-11(9-19)18(3)10-12-16-6-4-7-17-12/h4,6-7,11H,5,8-10H2,1-3H3. The van der Waals surface area contributed by atoms with E-state index in [2.05, 4.69) is 14.9 Å². The van der Waals surface area contributed by atoms with E-state index in [1.54, 1.807) is 23.4 Å². The molecule has 110 valence electrons. The number of halogens is 1. The number of aromatic nitrogens is 2. The van der Waals surface area contributed by atoms with Crippen LogP contribution in [0.15, 0.2) is 18.5 Å². The Labute approximate surface area is 118 Å². The highest BCUT2D eigenvalue weighted by atomic mass is 19.1. The fraction of sp³-hybridized carbons (Fsp3) is 0.643. The van der Waals surface area contributed by atoms with Crippen LogP contribution in [0.2, 0.25) is 0 Å². The van der Waals surface area contributed by atoms with Crippen molar-refractivity contribution in [2.75, 3.05) is 20.1 Å². The molecular weight excluding hydrogens is 259 g/mol. The first-order chi connectivity index (χ1) is 9.38. The van der Waals surface area contributed by atoms with Gasteiger partial charge < -0.3 is 4.90 Å². The lowest BCUT2D eigenvalue weighted by atomic mass is 10.1. The van der Waals surface area contributed by atoms with Crippen LogP contribution >= 0.6 is 0 Å². The number of amides is 1. The van der Waals surface area contributed by atoms with Crippen molar-refractivity contribution in [3.8, 4) is 0 Å². The van der Waals surface area contributed by atoms with Gasteiger partial charge in [0.1, 0.15) is 5.82 Å². The Morgan fingerprint density at radius 1 is 1.50 bits per heavy atom. The fourth-order valence-corrected chi connectivity index (χ4v) is 2.43. The summed E-state index contributed by atoms with van der Waals surface area (Å²) in [5, 5.41) is 0. The van der Waals surface area contributed by atoms with E-state index >= 15 is 0 Å². The summed E-state index contributed by atoms with van der Waals surface area (Å²) >= 11 is 0. The van der Waals surface area contributed by atoms with Gasteiger partial charge in [0, 0.05) is 31.5 Å². The molecule has 0 spiro atoms. The second-order valence-electron chi connectivity index (χ2n) is 5.75. The average molecular weight is 280 g/mol. The van der Waals surface area contributed by atoms with Gasteiger partial charge in [-0.15, -0.1) is 0 Å². The van der Waals surface area contributed by atoms with Crippen molar-refractivity contribution in [1.29, 1.82) is 0 Å². The molecule has 6 heteroatoms. The Kier molecular flexibility index (Phi) is 4.32. The van der Waals surface area contributed by atoms with Crippen LogP contribution in [0.25, 0.3) is 0 Å². The first-order valence-corrected chi connectivity index (χ1v) is 6.82. The van der Waals surface area contributed by atoms with E-state index in [4.69, 9.17) is 0 Å². The molecule has 0 aliphatic carbocycles. The zero-order valence-electron chi connectivity index (χ0n) is 12.2. The number of rotatable bonds is 4. The average Bonchev–Trinajstić information content (AvgIpc) is 2.87. The second-order valence-corrected chi connectivity index (χ2v) is 5.75. The van der Waals surface area contributed by atoms with Gasteiger partial charge in [-0.1, -0.05) is 0 Å². The van der Waals surface area contributed by atoms with E-state index in [1.165, 1.54) is 13.8 Å². The minimum atomic E-state index is -1.80. The molecule has 2 heterocycles. The van der Waals surface area contributed by atoms with Crippen LogP contribution in [0, 0.1) is 0 Å². The third-order valence-corrected chi connectivity index (χ3v) is 3.59. The first-order valence-electron chi connectivity index (χ1n) is 6.82. The third-order valence-electron chi connectivity index (χ3n) is 3.59. The molecule has 2 rings (SSSR count). The third kappa shape index (κ3) is 3.50. The molecule has 1 fully saturated rings. The zero-order valence-corrected chi connectivity index (χ0v) is 12.2. The lowest BCUT2D eigenvalue weighted by molar-refractivity contribution is -0.140. The number of hydrogen-bond donors (Lipinski definition) is 0. The lowest BCUT2D eigenvalue weighted by Crippen LogP contribution is -2.43. The van der Waals surface area contributed by atoms with Gasteiger partial charge in [-0.3, -0.25) is 9.69 Å². The normalized spacial score (nSPS) is 19.6. The van der Waals surface area contributed by atoms with E-state index in [9.17, 15) is 9.18 Å². The maximum absolute atomic E-state index is 13.7. The number of carbonyl (C=O) groups is 1. The van der Waals surface area contributed by atoms with Crippen LogP contribution in [-0.2, 0) is 11.3 Å². The summed E-state index contributed by atoms with van der Waals surface area (Å²) in [6.45, 7) is 4.42. The molecule has 1 unspecified atom stereocenters. The molecule has 1 amide bonds. The molecule has 1 atom stereocenters. The molecular formula is C14H21FN4O. The van der Waals surface area contributed by atoms with E-state index in [0.29, 0.717) is 19.6 Å². The van der Waals surface area contributed by atoms with Crippen molar-refractivity contribution in [1.82, 2.24) is 19.8 Å². The minimum Gasteiger partial charge on any atom is -0.338 e. The van der Waals surface area contributed by atoms with E-state index in [0.717, 1.165) is 12.2 Å². The van der Waals surface area contributed by atoms with E-state index in [1.807, 2.05) is 7.05 Å². The van der Waals surface area contributed by atoms with E-state index < -0.39 is 11.6 Å². The van der Waals surface area contributed by atoms with Crippen LogP contribution in [0.3, 0.4) is 0 Å². The maximum Gasteiger partial charge on any atom is 0.259 e. The number of likely N-dealkylation sites (tertiary alicyclic amines) is 1. The van der Waals surface area contributed by atoms with Gasteiger partial charge in [0.25, 0.3) is 5.91 Å². The van der Waals surface area contributed by atoms with Crippen LogP contribution in [0.1, 0.15) is 26.1 Å². The highest BCUT2D eigenvalue weighted by Gasteiger charge is 2.36. The number of likely N-dealkylation sites (N-methyl/N-ethyl adjacent to an activating group) is 1. The summed E-state index contributed by atoms with van der Waals surface area (Å²) in [5.41, 5.74) is -1.80. The van der Waals surface area contributed by atoms with Gasteiger partial charge in [-0.2, -0.15) is 0 Å². The van der Waals surface area contributed by atoms with Crippen molar-refractivity contribution in [3.63, 3.8) is 0 Å². The topological polar surface area (TPSA) is 49.3 Å². The molecule has 0 bridgehead atoms. The predicted molar refractivity (Wildman–Crippen MR) is 73.7 cm³/mol. The molecule has 0 radical (unpaired) electrons. The highest BCUT2D eigenvalue weighted by Crippen LogP contribution is 2.21. The Balaban J connectivity index is 1.91. The number of hydrogen-bond acceptors (Lipinski definition) is 4. The molecule has 1 saturated heterocycles. The van der Waals surface area contributed by atoms with Crippen molar-refractivity contribution in [2.45, 2.75) is 38.5 Å². The Morgan fingerprint density at radius 3 is 2.75 bits per heavy atom. The Hall–Kier alpha value is -1.56. The summed E-state index contributed by atoms with van der Waals surface area (Å²) in [4.78, 5) is 24.0. The molecule has 1 aromatic rings. The maximum atomic E-state index is 13.7. The van der Waals surface area contributed by atoms with Gasteiger partial charge in [-0.05, 0) is 33.4 Å². The van der Waals surface area contributed by atoms with Crippen molar-refractivity contribution in [3.05, 3.63) is 24.3 Å². The molecule has 1 aromatic heterocycles. The molecule has 1 aliphatic heterocycles. The molecule has 0 aromatic carbocycles. The van der Waals surface area contributed by atoms with Gasteiger partial charge in [0.2, 0.25) is 0 Å². The number of nitrogens with zero attached hydrogens (tertiary/aromatic N) is 4. The largest absolute Gasteiger partial charge is 0.338 e. The second kappa shape index (κ2) is 5.83. The highest BCUT2D eigenvalue weighted by molar-refractivity contribution is 5.84. The van der Waals surface area contributed by atoms with Crippen LogP contribution in [0.5, 0.6) is 0 Å². The van der Waals surface area contributed by atoms with Gasteiger partial charge in [0.05, 0.1) is 6.54 Å². The summed E-state index contributed by atoms with van der Waals surface area (Å²) in [6.07, 6.45) is 4.28. The molecule has 0 saturated carbocycles. The predicted octanol–water partition coefficient (Wildman–Crippen LogP) is 1.26. The van der Waals surface area contributed by atoms with Crippen LogP contribution < -0.4 is 0 Å². The van der Waals surface area contributed by atoms with Gasteiger partial charge in [0.15, 0.2) is 5.67 Å². The smallest absolute Gasteiger partial charge is 0.259 e. The van der Waals surface area contributed by atoms with E-state index in [-0.39, 0.29) is 6.04 Å². The summed E-state index contributed by atoms with van der Waals surface area (Å²) < 4.78 is 13.7. The first kappa shape index (κ1) is 14.8. The Bertz CT molecular complexity index is 460. The fourth-order valence-electron chi connectivity index (χ4n) is 2.43. The number of carbonyl (C=O) groups excluding carboxylic acids is 1. The monoisotopic (exact) mass is 280 g/mol. The van der Waals surface area contributed by atoms with Crippen molar-refractivity contribution in [2.24, 2.45) is 0 Å². The van der Waals surface area contributed by atoms with Crippen molar-refractivity contribution >= 4 is 5.91 Å². The number of alkyl halides is 1. The zero-order chi connectivity index (χ0) is 14.8. The summed E-state index contributed by atoms with van der Waals surface area (Å²) in [6, 6.07) is 2.01. The molecule has 1 aliphatic rings. The molecule has 5 nitrogen and oxygen atoms in total. The summed E-state index contributed by atoms with van der Waals surface area (Å²) in [5.74, 6) is 0.329. The summed E-state index contributed by atoms with van der Waals surface area (Å²) in [7, 11) is 1.98. The van der Waals surface area contributed by atoms with Gasteiger partial charge in [-0.25, -0.2) is 14.4 Å².